The molecular formula is C38H54O37. The molecule has 0 aliphatic carbocycles. The molecule has 428 valence electrons. The van der Waals surface area contributed by atoms with Crippen molar-refractivity contribution in [2.75, 3.05) is 14.2 Å². The second-order valence-corrected chi connectivity index (χ2v) is 17.4. The Balaban J connectivity index is 1.14. The lowest BCUT2D eigenvalue weighted by atomic mass is 9.95. The van der Waals surface area contributed by atoms with Gasteiger partial charge in [-0.2, -0.15) is 0 Å². The molecule has 0 radical (unpaired) electrons. The first-order valence-electron chi connectivity index (χ1n) is 21.9. The van der Waals surface area contributed by atoms with Crippen LogP contribution in [0.3, 0.4) is 0 Å². The predicted molar refractivity (Wildman–Crippen MR) is 211 cm³/mol. The topological polar surface area (TPSA) is 587 Å². The van der Waals surface area contributed by atoms with Crippen molar-refractivity contribution < 1.29 is 182 Å². The molecule has 0 spiro atoms. The molecule has 0 aromatic heterocycles. The number of carbonyl (C=O) groups excluding carboxylic acids is 2. The van der Waals surface area contributed by atoms with E-state index in [0.717, 1.165) is 14.2 Å². The van der Waals surface area contributed by atoms with Crippen LogP contribution in [0.1, 0.15) is 0 Å². The first kappa shape index (κ1) is 60.1. The van der Waals surface area contributed by atoms with E-state index in [2.05, 4.69) is 9.47 Å². The van der Waals surface area contributed by atoms with Gasteiger partial charge in [-0.15, -0.1) is 0 Å². The minimum absolute atomic E-state index is 0.786. The van der Waals surface area contributed by atoms with Crippen molar-refractivity contribution in [3.05, 3.63) is 0 Å². The highest BCUT2D eigenvalue weighted by molar-refractivity contribution is 5.77. The monoisotopic (exact) mass is 1100 g/mol. The molecule has 6 aliphatic heterocycles. The third-order valence-corrected chi connectivity index (χ3v) is 12.6. The average Bonchev–Trinajstić information content (AvgIpc) is 3.36. The van der Waals surface area contributed by atoms with E-state index in [4.69, 9.17) is 52.1 Å². The van der Waals surface area contributed by atoms with Gasteiger partial charge in [-0.25, -0.2) is 28.8 Å². The van der Waals surface area contributed by atoms with Gasteiger partial charge in [0.2, 0.25) is 0 Å². The molecular weight excluding hydrogens is 1050 g/mol. The number of methoxy groups -OCH3 is 2. The van der Waals surface area contributed by atoms with Crippen molar-refractivity contribution in [3.63, 3.8) is 0 Å². The summed E-state index contributed by atoms with van der Waals surface area (Å²) in [6.45, 7) is 0. The molecule has 6 saturated heterocycles. The number of rotatable bonds is 16. The first-order valence-corrected chi connectivity index (χ1v) is 21.9. The van der Waals surface area contributed by atoms with Crippen LogP contribution < -0.4 is 0 Å². The Hall–Kier alpha value is -4.18. The zero-order valence-corrected chi connectivity index (χ0v) is 38.1. The number of carbonyl (C=O) groups is 6. The molecule has 6 rings (SSSR count). The molecule has 37 nitrogen and oxygen atoms in total. The summed E-state index contributed by atoms with van der Waals surface area (Å²) < 4.78 is 66.7. The summed E-state index contributed by atoms with van der Waals surface area (Å²) in [7, 11) is 1.66. The highest BCUT2D eigenvalue weighted by Gasteiger charge is 2.61. The molecule has 6 heterocycles. The number of aliphatic carboxylic acids is 4. The van der Waals surface area contributed by atoms with Crippen LogP contribution in [0.5, 0.6) is 0 Å². The lowest BCUT2D eigenvalue weighted by Gasteiger charge is -2.48. The molecule has 0 unspecified atom stereocenters. The number of hydrogen-bond donors (Lipinski definition) is 18. The molecule has 0 aromatic carbocycles. The Morgan fingerprint density at radius 3 is 0.800 bits per heavy atom. The van der Waals surface area contributed by atoms with Crippen LogP contribution in [-0.2, 0) is 90.3 Å². The molecule has 75 heavy (non-hydrogen) atoms. The largest absolute Gasteiger partial charge is 0.479 e. The van der Waals surface area contributed by atoms with Gasteiger partial charge in [-0.05, 0) is 0 Å². The first-order chi connectivity index (χ1) is 35.1. The molecule has 0 bridgehead atoms. The van der Waals surface area contributed by atoms with Crippen LogP contribution in [0, 0.1) is 0 Å². The fourth-order valence-corrected chi connectivity index (χ4v) is 8.55. The van der Waals surface area contributed by atoms with Crippen molar-refractivity contribution in [3.8, 4) is 0 Å². The third kappa shape index (κ3) is 12.0. The summed E-state index contributed by atoms with van der Waals surface area (Å²) >= 11 is 0. The summed E-state index contributed by atoms with van der Waals surface area (Å²) in [5.41, 5.74) is 0. The van der Waals surface area contributed by atoms with Gasteiger partial charge in [0, 0.05) is 0 Å². The van der Waals surface area contributed by atoms with E-state index in [9.17, 15) is 121 Å². The Labute approximate surface area is 416 Å². The Morgan fingerprint density at radius 1 is 0.280 bits per heavy atom. The number of aliphatic hydroxyl groups is 14. The zero-order chi connectivity index (χ0) is 56.0. The van der Waals surface area contributed by atoms with E-state index in [1.165, 1.54) is 0 Å². The molecule has 30 atom stereocenters. The predicted octanol–water partition coefficient (Wildman–Crippen LogP) is -13.4. The summed E-state index contributed by atoms with van der Waals surface area (Å²) in [5, 5.41) is 190. The molecule has 0 aromatic rings. The second kappa shape index (κ2) is 24.2. The lowest BCUT2D eigenvalue weighted by Crippen LogP contribution is -2.69. The second-order valence-electron chi connectivity index (χ2n) is 17.4. The molecule has 6 fully saturated rings. The smallest absolute Gasteiger partial charge is 0.337 e. The number of esters is 2. The van der Waals surface area contributed by atoms with Gasteiger partial charge in [0.1, 0.15) is 110 Å². The summed E-state index contributed by atoms with van der Waals surface area (Å²) in [4.78, 5) is 74.3. The van der Waals surface area contributed by atoms with E-state index < -0.39 is 220 Å². The van der Waals surface area contributed by atoms with Crippen LogP contribution in [0.15, 0.2) is 0 Å². The zero-order valence-electron chi connectivity index (χ0n) is 38.1. The normalized spacial score (nSPS) is 48.5. The van der Waals surface area contributed by atoms with Crippen molar-refractivity contribution >= 4 is 35.8 Å². The van der Waals surface area contributed by atoms with Gasteiger partial charge in [0.15, 0.2) is 74.4 Å². The lowest BCUT2D eigenvalue weighted by molar-refractivity contribution is -0.386. The maximum absolute atomic E-state index is 12.9. The van der Waals surface area contributed by atoms with Crippen LogP contribution in [0.2, 0.25) is 0 Å². The summed E-state index contributed by atoms with van der Waals surface area (Å²) in [6, 6.07) is 0. The van der Waals surface area contributed by atoms with E-state index in [0.29, 0.717) is 0 Å². The van der Waals surface area contributed by atoms with Crippen molar-refractivity contribution in [1.82, 2.24) is 0 Å². The number of carboxylic acids is 4. The Kier molecular flexibility index (Phi) is 19.4. The maximum atomic E-state index is 12.9. The minimum Gasteiger partial charge on any atom is -0.479 e. The number of aliphatic hydroxyl groups excluding tert-OH is 14. The van der Waals surface area contributed by atoms with Gasteiger partial charge in [0.25, 0.3) is 0 Å². The van der Waals surface area contributed by atoms with Gasteiger partial charge in [0.05, 0.1) is 14.2 Å². The quantitative estimate of drug-likeness (QED) is 0.0638. The van der Waals surface area contributed by atoms with Gasteiger partial charge in [-0.3, -0.25) is 0 Å². The van der Waals surface area contributed by atoms with Crippen molar-refractivity contribution in [2.45, 2.75) is 184 Å². The Morgan fingerprint density at radius 2 is 0.507 bits per heavy atom. The molecule has 18 N–H and O–H groups in total. The highest BCUT2D eigenvalue weighted by Crippen LogP contribution is 2.37. The van der Waals surface area contributed by atoms with Gasteiger partial charge in [-0.1, -0.05) is 0 Å². The van der Waals surface area contributed by atoms with E-state index in [1.54, 1.807) is 0 Å². The molecule has 0 saturated carbocycles. The minimum atomic E-state index is -2.62. The Bertz CT molecular complexity index is 2030. The molecule has 0 amide bonds. The fraction of sp³-hybridized carbons (Fsp3) is 0.842. The fourth-order valence-electron chi connectivity index (χ4n) is 8.55. The number of hydrogen-bond acceptors (Lipinski definition) is 33. The standard InChI is InChI=1S/C38H54O37/c1-63-32(61)21-4(40)3(39)11(47)34(71-21)70-20-9(45)15(51)38(75-26(20)33(62)64-2)69-19-8(44)14(50)37(74-25(19)30(58)59)68-18-7(43)13(49)36(73-24(18)29(56)57)67-17-6(42)12(48)35(72-23(17)28(54)55)66-16-5(41)10(46)31(60)65-22(16)27(52)53/h3-26,31,34-51,60H,1-2H3,(H,52,53)(H,54,55)(H,56,57)(H,58,59)/t3-,4+,5+,6+,7+,8+,9+,10+,11+,12+,13+,14+,15+,16+,17+,18+,19+,20+,21-,22-,23-,24-,25-,26-,31-,34-,35-,36-,37-,38-/m0/s1. The van der Waals surface area contributed by atoms with Gasteiger partial charge >= 0.3 is 35.8 Å². The summed E-state index contributed by atoms with van der Waals surface area (Å²) in [6.07, 6.45) is -71.9. The number of carboxylic acid groups (broad SMARTS) is 4. The van der Waals surface area contributed by atoms with Crippen molar-refractivity contribution in [1.29, 1.82) is 0 Å². The third-order valence-electron chi connectivity index (χ3n) is 12.6. The van der Waals surface area contributed by atoms with E-state index in [-0.39, 0.29) is 0 Å². The van der Waals surface area contributed by atoms with Crippen LogP contribution in [0.4, 0.5) is 0 Å². The van der Waals surface area contributed by atoms with Gasteiger partial charge < -0.3 is 153 Å². The van der Waals surface area contributed by atoms with Crippen LogP contribution in [0.25, 0.3) is 0 Å². The van der Waals surface area contributed by atoms with Crippen LogP contribution in [-0.4, -0.2) is 326 Å². The highest BCUT2D eigenvalue weighted by atomic mass is 16.8. The SMILES string of the molecule is COC(=O)[C@H]1O[C@H](O[C@@H]2[C@H](O)[C@@H](O)[C@@H](O[C@@H]3[C@H](O)[C@@H](O)[C@@H](O[C@@H]4[C@H](O)[C@@H](O)[C@@H](O[C@@H]5[C@H](O)[C@@H](O)[C@@H](O[C@@H]6[C@H](O)[C@@H](O)[C@@H](O)O[C@@H]6C(=O)O)O[C@@H]5C(=O)O)O[C@@H]4C(=O)O)O[C@@H]3C(=O)O)O[C@@H]2C(=O)OC)[C@H](O)[C@@H](O)[C@H]1O. The maximum Gasteiger partial charge on any atom is 0.337 e. The van der Waals surface area contributed by atoms with Crippen molar-refractivity contribution in [2.24, 2.45) is 0 Å². The van der Waals surface area contributed by atoms with E-state index in [1.807, 2.05) is 0 Å². The number of ether oxygens (including phenoxy) is 13. The van der Waals surface area contributed by atoms with E-state index >= 15 is 0 Å². The molecule has 37 heteroatoms. The average molecular weight is 1100 g/mol. The summed E-state index contributed by atoms with van der Waals surface area (Å²) in [5.74, 6) is -10.9. The van der Waals surface area contributed by atoms with Crippen LogP contribution >= 0.6 is 0 Å². The molecule has 6 aliphatic rings.